The van der Waals surface area contributed by atoms with Crippen molar-refractivity contribution in [1.29, 1.82) is 0 Å². The van der Waals surface area contributed by atoms with Crippen LogP contribution in [0.1, 0.15) is 70.3 Å². The van der Waals surface area contributed by atoms with Crippen LogP contribution in [0.25, 0.3) is 0 Å². The van der Waals surface area contributed by atoms with E-state index in [0.29, 0.717) is 17.0 Å². The first-order valence-electron chi connectivity index (χ1n) is 12.5. The summed E-state index contributed by atoms with van der Waals surface area (Å²) in [7, 11) is 5.00. The van der Waals surface area contributed by atoms with E-state index >= 15 is 0 Å². The molecule has 6 heteroatoms. The highest BCUT2D eigenvalue weighted by Gasteiger charge is 2.41. The molecule has 0 aromatic heterocycles. The van der Waals surface area contributed by atoms with E-state index in [-0.39, 0.29) is 24.0 Å². The molecular weight excluding hydrogens is 454 g/mol. The second kappa shape index (κ2) is 10.2. The predicted octanol–water partition coefficient (Wildman–Crippen LogP) is 6.42. The van der Waals surface area contributed by atoms with Crippen LogP contribution in [0.3, 0.4) is 0 Å². The van der Waals surface area contributed by atoms with Gasteiger partial charge < -0.3 is 24.3 Å². The molecule has 2 aliphatic rings. The third-order valence-corrected chi connectivity index (χ3v) is 7.40. The zero-order valence-corrected chi connectivity index (χ0v) is 21.3. The Labute approximate surface area is 212 Å². The number of rotatable bonds is 6. The number of anilines is 1. The number of methoxy groups -OCH3 is 3. The van der Waals surface area contributed by atoms with Gasteiger partial charge in [0.25, 0.3) is 5.91 Å². The van der Waals surface area contributed by atoms with Gasteiger partial charge in [0, 0.05) is 22.7 Å². The molecule has 0 spiro atoms. The maximum absolute atomic E-state index is 13.1. The molecule has 1 N–H and O–H groups in total. The van der Waals surface area contributed by atoms with E-state index in [1.807, 2.05) is 55.5 Å². The van der Waals surface area contributed by atoms with Gasteiger partial charge in [-0.05, 0) is 61.2 Å². The molecule has 1 heterocycles. The lowest BCUT2D eigenvalue weighted by molar-refractivity contribution is -0.0406. The number of fused-ring (bicyclic) bond motifs is 3. The number of hydrogen-bond donors (Lipinski definition) is 1. The van der Waals surface area contributed by atoms with Crippen LogP contribution in [0.4, 0.5) is 5.69 Å². The number of nitrogens with one attached hydrogen (secondary N) is 1. The summed E-state index contributed by atoms with van der Waals surface area (Å²) in [5.41, 5.74) is 5.27. The van der Waals surface area contributed by atoms with E-state index in [4.69, 9.17) is 18.9 Å². The molecule has 5 rings (SSSR count). The smallest absolute Gasteiger partial charge is 0.259 e. The zero-order valence-electron chi connectivity index (χ0n) is 21.3. The third-order valence-electron chi connectivity index (χ3n) is 7.40. The van der Waals surface area contributed by atoms with Crippen LogP contribution in [-0.2, 0) is 4.74 Å². The van der Waals surface area contributed by atoms with Crippen LogP contribution in [0.2, 0.25) is 0 Å². The maximum atomic E-state index is 13.1. The summed E-state index contributed by atoms with van der Waals surface area (Å²) in [5.74, 6) is 2.32. The molecule has 3 aromatic rings. The average Bonchev–Trinajstić information content (AvgIpc) is 2.91. The minimum Gasteiger partial charge on any atom is -0.496 e. The van der Waals surface area contributed by atoms with E-state index in [0.717, 1.165) is 47.5 Å². The summed E-state index contributed by atoms with van der Waals surface area (Å²) in [4.78, 5) is 13.1. The lowest BCUT2D eigenvalue weighted by Gasteiger charge is -2.42. The Morgan fingerprint density at radius 3 is 2.36 bits per heavy atom. The fourth-order valence-electron chi connectivity index (χ4n) is 5.76. The maximum Gasteiger partial charge on any atom is 0.259 e. The first-order valence-corrected chi connectivity index (χ1v) is 12.5. The number of carbonyl (C=O) groups is 1. The van der Waals surface area contributed by atoms with Gasteiger partial charge in [-0.25, -0.2) is 0 Å². The van der Waals surface area contributed by atoms with Crippen molar-refractivity contribution in [2.75, 3.05) is 26.6 Å². The summed E-state index contributed by atoms with van der Waals surface area (Å²) in [6.07, 6.45) is 4.22. The third kappa shape index (κ3) is 4.30. The van der Waals surface area contributed by atoms with Crippen LogP contribution < -0.4 is 19.5 Å². The van der Waals surface area contributed by atoms with Crippen molar-refractivity contribution < 1.29 is 23.7 Å². The molecule has 1 saturated carbocycles. The summed E-state index contributed by atoms with van der Waals surface area (Å²) in [5, 5.41) is 3.04. The summed E-state index contributed by atoms with van der Waals surface area (Å²) < 4.78 is 23.9. The minimum atomic E-state index is -0.324. The molecule has 0 unspecified atom stereocenters. The number of carbonyl (C=O) groups excluding carboxylic acids is 1. The van der Waals surface area contributed by atoms with Crippen LogP contribution in [0, 0.1) is 6.92 Å². The Hall–Kier alpha value is -3.51. The monoisotopic (exact) mass is 487 g/mol. The summed E-state index contributed by atoms with van der Waals surface area (Å²) in [6.45, 7) is 1.92. The van der Waals surface area contributed by atoms with Crippen LogP contribution >= 0.6 is 0 Å². The fourth-order valence-corrected chi connectivity index (χ4v) is 5.76. The van der Waals surface area contributed by atoms with Crippen molar-refractivity contribution >= 4 is 11.6 Å². The topological polar surface area (TPSA) is 66.0 Å². The van der Waals surface area contributed by atoms with Gasteiger partial charge in [0.05, 0.1) is 33.0 Å². The highest BCUT2D eigenvalue weighted by atomic mass is 16.5. The van der Waals surface area contributed by atoms with Gasteiger partial charge >= 0.3 is 0 Å². The fraction of sp³-hybridized carbons (Fsp3) is 0.367. The number of ether oxygens (including phenoxy) is 4. The molecule has 0 saturated heterocycles. The predicted molar refractivity (Wildman–Crippen MR) is 140 cm³/mol. The highest BCUT2D eigenvalue weighted by Crippen LogP contribution is 2.53. The van der Waals surface area contributed by atoms with Crippen molar-refractivity contribution in [3.63, 3.8) is 0 Å². The first kappa shape index (κ1) is 24.2. The number of hydrogen-bond acceptors (Lipinski definition) is 5. The van der Waals surface area contributed by atoms with E-state index in [1.165, 1.54) is 12.0 Å². The normalized spacial score (nSPS) is 20.6. The summed E-state index contributed by atoms with van der Waals surface area (Å²) in [6, 6.07) is 17.4. The summed E-state index contributed by atoms with van der Waals surface area (Å²) >= 11 is 0. The Morgan fingerprint density at radius 1 is 0.889 bits per heavy atom. The number of amides is 1. The number of aryl methyl sites for hydroxylation is 1. The van der Waals surface area contributed by atoms with Crippen molar-refractivity contribution in [2.24, 2.45) is 0 Å². The molecule has 1 fully saturated rings. The van der Waals surface area contributed by atoms with Gasteiger partial charge in [-0.3, -0.25) is 4.79 Å². The van der Waals surface area contributed by atoms with Crippen LogP contribution in [0.5, 0.6) is 17.2 Å². The van der Waals surface area contributed by atoms with E-state index in [1.54, 1.807) is 27.4 Å². The van der Waals surface area contributed by atoms with Gasteiger partial charge in [0.15, 0.2) is 0 Å². The Balaban J connectivity index is 1.53. The second-order valence-corrected chi connectivity index (χ2v) is 9.48. The second-order valence-electron chi connectivity index (χ2n) is 9.48. The quantitative estimate of drug-likeness (QED) is 0.435. The molecule has 6 nitrogen and oxygen atoms in total. The molecule has 36 heavy (non-hydrogen) atoms. The van der Waals surface area contributed by atoms with Crippen molar-refractivity contribution in [2.45, 2.75) is 50.7 Å². The SMILES string of the molecule is COc1ccc(OC)c2c1[C@H](c1cccc(NC(=O)c3cccc(C)c3OC)c1)O[C@@H]1CCCC[C@@H]21. The molecule has 3 atom stereocenters. The van der Waals surface area contributed by atoms with Gasteiger partial charge in [-0.2, -0.15) is 0 Å². The molecule has 0 bridgehead atoms. The van der Waals surface area contributed by atoms with Gasteiger partial charge in [-0.1, -0.05) is 37.1 Å². The lowest BCUT2D eigenvalue weighted by Crippen LogP contribution is -2.34. The first-order chi connectivity index (χ1) is 17.5. The number of para-hydroxylation sites is 1. The van der Waals surface area contributed by atoms with Gasteiger partial charge in [0.2, 0.25) is 0 Å². The van der Waals surface area contributed by atoms with Crippen molar-refractivity contribution in [1.82, 2.24) is 0 Å². The van der Waals surface area contributed by atoms with Gasteiger partial charge in [0.1, 0.15) is 23.4 Å². The lowest BCUT2D eigenvalue weighted by atomic mass is 9.75. The molecule has 1 aliphatic heterocycles. The number of benzene rings is 3. The van der Waals surface area contributed by atoms with E-state index in [9.17, 15) is 4.79 Å². The molecule has 3 aromatic carbocycles. The Bertz CT molecular complexity index is 1270. The largest absolute Gasteiger partial charge is 0.496 e. The average molecular weight is 488 g/mol. The van der Waals surface area contributed by atoms with Crippen molar-refractivity contribution in [3.8, 4) is 17.2 Å². The van der Waals surface area contributed by atoms with E-state index in [2.05, 4.69) is 5.32 Å². The molecule has 1 aliphatic carbocycles. The van der Waals surface area contributed by atoms with E-state index < -0.39 is 0 Å². The van der Waals surface area contributed by atoms with Gasteiger partial charge in [-0.15, -0.1) is 0 Å². The van der Waals surface area contributed by atoms with Crippen LogP contribution in [0.15, 0.2) is 54.6 Å². The Kier molecular flexibility index (Phi) is 6.88. The zero-order chi connectivity index (χ0) is 25.2. The van der Waals surface area contributed by atoms with Crippen LogP contribution in [-0.4, -0.2) is 33.3 Å². The Morgan fingerprint density at radius 2 is 1.61 bits per heavy atom. The molecular formula is C30H33NO5. The van der Waals surface area contributed by atoms with Crippen molar-refractivity contribution in [3.05, 3.63) is 82.4 Å². The highest BCUT2D eigenvalue weighted by molar-refractivity contribution is 6.06. The molecule has 1 amide bonds. The molecule has 188 valence electrons. The minimum absolute atomic E-state index is 0.118. The molecule has 0 radical (unpaired) electrons. The standard InChI is InChI=1S/C30H33NO5/c1-18-9-7-13-22(28(18)35-4)30(32)31-20-11-8-10-19(17-20)29-27-25(34-3)16-15-24(33-2)26(27)21-12-5-6-14-23(21)36-29/h7-11,13,15-17,21,23,29H,5-6,12,14H2,1-4H3,(H,31,32)/t21-,23-,29+/m1/s1.